The van der Waals surface area contributed by atoms with Crippen molar-refractivity contribution in [2.24, 2.45) is 0 Å². The van der Waals surface area contributed by atoms with E-state index < -0.39 is 12.1 Å². The first-order valence-corrected chi connectivity index (χ1v) is 3.53. The molecule has 0 bridgehead atoms. The summed E-state index contributed by atoms with van der Waals surface area (Å²) in [5.74, 6) is -0.912. The van der Waals surface area contributed by atoms with Crippen LogP contribution in [0, 0.1) is 0 Å². The molecule has 0 heterocycles. The van der Waals surface area contributed by atoms with Gasteiger partial charge in [0.05, 0.1) is 7.11 Å². The molecule has 0 amide bonds. The standard InChI is InChI=1S/C8H12O4/c1-3-6(9)4-5-7(10)8(11)12-2/h3,7,10H,1,4-5H2,2H3. The van der Waals surface area contributed by atoms with Gasteiger partial charge in [-0.2, -0.15) is 0 Å². The fourth-order valence-electron chi connectivity index (χ4n) is 0.635. The monoisotopic (exact) mass is 172 g/mol. The molecule has 0 radical (unpaired) electrons. The van der Waals surface area contributed by atoms with Crippen LogP contribution in [-0.2, 0) is 14.3 Å². The molecule has 4 nitrogen and oxygen atoms in total. The lowest BCUT2D eigenvalue weighted by atomic mass is 10.1. The van der Waals surface area contributed by atoms with Crippen LogP contribution in [0.1, 0.15) is 12.8 Å². The third kappa shape index (κ3) is 3.88. The van der Waals surface area contributed by atoms with Crippen LogP contribution in [0.5, 0.6) is 0 Å². The Bertz CT molecular complexity index is 185. The molecule has 1 unspecified atom stereocenters. The van der Waals surface area contributed by atoms with Gasteiger partial charge in [0, 0.05) is 6.42 Å². The zero-order chi connectivity index (χ0) is 9.56. The van der Waals surface area contributed by atoms with Gasteiger partial charge < -0.3 is 9.84 Å². The molecular formula is C8H12O4. The Kier molecular flexibility index (Phi) is 4.96. The lowest BCUT2D eigenvalue weighted by molar-refractivity contribution is -0.150. The van der Waals surface area contributed by atoms with E-state index in [9.17, 15) is 9.59 Å². The SMILES string of the molecule is C=CC(=O)CCC(O)C(=O)OC. The van der Waals surface area contributed by atoms with Gasteiger partial charge in [-0.15, -0.1) is 0 Å². The number of esters is 1. The van der Waals surface area contributed by atoms with E-state index >= 15 is 0 Å². The van der Waals surface area contributed by atoms with Gasteiger partial charge in [0.1, 0.15) is 0 Å². The summed E-state index contributed by atoms with van der Waals surface area (Å²) in [4.78, 5) is 21.2. The molecule has 0 aromatic carbocycles. The first kappa shape index (κ1) is 10.8. The molecule has 0 fully saturated rings. The summed E-state index contributed by atoms with van der Waals surface area (Å²) in [5.41, 5.74) is 0. The second kappa shape index (κ2) is 5.49. The molecule has 4 heteroatoms. The maximum Gasteiger partial charge on any atom is 0.334 e. The summed E-state index contributed by atoms with van der Waals surface area (Å²) in [5, 5.41) is 9.00. The van der Waals surface area contributed by atoms with Crippen molar-refractivity contribution in [2.75, 3.05) is 7.11 Å². The third-order valence-corrected chi connectivity index (χ3v) is 1.37. The Hall–Kier alpha value is -1.16. The lowest BCUT2D eigenvalue weighted by Gasteiger charge is -2.05. The number of allylic oxidation sites excluding steroid dienone is 1. The molecule has 0 aliphatic rings. The second-order valence-corrected chi connectivity index (χ2v) is 2.25. The second-order valence-electron chi connectivity index (χ2n) is 2.25. The van der Waals surface area contributed by atoms with Crippen LogP contribution in [0.25, 0.3) is 0 Å². The predicted molar refractivity (Wildman–Crippen MR) is 42.5 cm³/mol. The van der Waals surface area contributed by atoms with Gasteiger partial charge in [-0.05, 0) is 12.5 Å². The van der Waals surface area contributed by atoms with Gasteiger partial charge >= 0.3 is 5.97 Å². The van der Waals surface area contributed by atoms with Crippen LogP contribution >= 0.6 is 0 Å². The number of hydrogen-bond donors (Lipinski definition) is 1. The zero-order valence-electron chi connectivity index (χ0n) is 6.95. The fourth-order valence-corrected chi connectivity index (χ4v) is 0.635. The Morgan fingerprint density at radius 1 is 1.67 bits per heavy atom. The average Bonchev–Trinajstić information content (AvgIpc) is 2.11. The summed E-state index contributed by atoms with van der Waals surface area (Å²) in [6.07, 6.45) is 0.139. The number of ether oxygens (including phenoxy) is 1. The van der Waals surface area contributed by atoms with Gasteiger partial charge in [0.25, 0.3) is 0 Å². The van der Waals surface area contributed by atoms with Crippen molar-refractivity contribution in [1.29, 1.82) is 0 Å². The van der Waals surface area contributed by atoms with E-state index in [1.54, 1.807) is 0 Å². The minimum Gasteiger partial charge on any atom is -0.467 e. The number of carbonyl (C=O) groups excluding carboxylic acids is 2. The van der Waals surface area contributed by atoms with Crippen LogP contribution in [0.4, 0.5) is 0 Å². The number of carbonyl (C=O) groups is 2. The summed E-state index contributed by atoms with van der Waals surface area (Å²) >= 11 is 0. The minimum absolute atomic E-state index is 0.0809. The number of aliphatic hydroxyl groups is 1. The Balaban J connectivity index is 3.70. The maximum atomic E-state index is 10.6. The van der Waals surface area contributed by atoms with E-state index in [1.165, 1.54) is 7.11 Å². The summed E-state index contributed by atoms with van der Waals surface area (Å²) in [6.45, 7) is 3.26. The largest absolute Gasteiger partial charge is 0.467 e. The first-order valence-electron chi connectivity index (χ1n) is 3.53. The molecule has 1 N–H and O–H groups in total. The van der Waals surface area contributed by atoms with Crippen molar-refractivity contribution in [2.45, 2.75) is 18.9 Å². The van der Waals surface area contributed by atoms with Crippen molar-refractivity contribution in [3.8, 4) is 0 Å². The van der Waals surface area contributed by atoms with Gasteiger partial charge in [-0.1, -0.05) is 6.58 Å². The number of ketones is 1. The van der Waals surface area contributed by atoms with E-state index in [1.807, 2.05) is 0 Å². The number of hydrogen-bond acceptors (Lipinski definition) is 4. The van der Waals surface area contributed by atoms with E-state index in [4.69, 9.17) is 5.11 Å². The zero-order valence-corrected chi connectivity index (χ0v) is 6.95. The van der Waals surface area contributed by atoms with Crippen LogP contribution in [0.2, 0.25) is 0 Å². The lowest BCUT2D eigenvalue weighted by Crippen LogP contribution is -2.22. The van der Waals surface area contributed by atoms with Crippen LogP contribution < -0.4 is 0 Å². The van der Waals surface area contributed by atoms with Crippen molar-refractivity contribution >= 4 is 11.8 Å². The van der Waals surface area contributed by atoms with Gasteiger partial charge in [-0.25, -0.2) is 4.79 Å². The van der Waals surface area contributed by atoms with E-state index in [0.717, 1.165) is 6.08 Å². The molecule has 0 aromatic rings. The smallest absolute Gasteiger partial charge is 0.334 e. The van der Waals surface area contributed by atoms with Gasteiger partial charge in [0.2, 0.25) is 0 Å². The van der Waals surface area contributed by atoms with Gasteiger partial charge in [-0.3, -0.25) is 4.79 Å². The molecule has 0 rings (SSSR count). The van der Waals surface area contributed by atoms with Crippen LogP contribution in [0.3, 0.4) is 0 Å². The summed E-state index contributed by atoms with van der Waals surface area (Å²) < 4.78 is 4.25. The highest BCUT2D eigenvalue weighted by atomic mass is 16.5. The quantitative estimate of drug-likeness (QED) is 0.470. The molecule has 0 saturated heterocycles. The average molecular weight is 172 g/mol. The van der Waals surface area contributed by atoms with Crippen LogP contribution in [0.15, 0.2) is 12.7 Å². The highest BCUT2D eigenvalue weighted by Crippen LogP contribution is 1.99. The molecule has 0 aliphatic carbocycles. The predicted octanol–water partition coefficient (Wildman–Crippen LogP) is 0.0556. The van der Waals surface area contributed by atoms with Crippen molar-refractivity contribution in [3.63, 3.8) is 0 Å². The Morgan fingerprint density at radius 2 is 2.25 bits per heavy atom. The first-order chi connectivity index (χ1) is 5.61. The molecule has 0 spiro atoms. The highest BCUT2D eigenvalue weighted by molar-refractivity contribution is 5.89. The molecule has 0 saturated carbocycles. The molecule has 68 valence electrons. The number of rotatable bonds is 5. The molecule has 0 aliphatic heterocycles. The van der Waals surface area contributed by atoms with Crippen molar-refractivity contribution < 1.29 is 19.4 Å². The third-order valence-electron chi connectivity index (χ3n) is 1.37. The van der Waals surface area contributed by atoms with E-state index in [2.05, 4.69) is 11.3 Å². The number of aliphatic hydroxyl groups excluding tert-OH is 1. The minimum atomic E-state index is -1.21. The Labute approximate surface area is 70.8 Å². The Morgan fingerprint density at radius 3 is 2.67 bits per heavy atom. The molecule has 1 atom stereocenters. The van der Waals surface area contributed by atoms with Crippen molar-refractivity contribution in [3.05, 3.63) is 12.7 Å². The molecule has 12 heavy (non-hydrogen) atoms. The molecular weight excluding hydrogens is 160 g/mol. The van der Waals surface area contributed by atoms with E-state index in [0.29, 0.717) is 0 Å². The van der Waals surface area contributed by atoms with E-state index in [-0.39, 0.29) is 18.6 Å². The van der Waals surface area contributed by atoms with Crippen LogP contribution in [-0.4, -0.2) is 30.1 Å². The summed E-state index contributed by atoms with van der Waals surface area (Å²) in [7, 11) is 1.18. The highest BCUT2D eigenvalue weighted by Gasteiger charge is 2.15. The van der Waals surface area contributed by atoms with Gasteiger partial charge in [0.15, 0.2) is 11.9 Å². The maximum absolute atomic E-state index is 10.6. The molecule has 0 aromatic heterocycles. The van der Waals surface area contributed by atoms with Crippen molar-refractivity contribution in [1.82, 2.24) is 0 Å². The summed E-state index contributed by atoms with van der Waals surface area (Å²) in [6, 6.07) is 0. The number of methoxy groups -OCH3 is 1. The topological polar surface area (TPSA) is 63.6 Å². The normalized spacial score (nSPS) is 11.8. The fraction of sp³-hybridized carbons (Fsp3) is 0.500.